The van der Waals surface area contributed by atoms with Crippen molar-refractivity contribution >= 4 is 28.3 Å². The smallest absolute Gasteiger partial charge is 0.228 e. The van der Waals surface area contributed by atoms with Crippen LogP contribution in [0.15, 0.2) is 66.7 Å². The van der Waals surface area contributed by atoms with Gasteiger partial charge >= 0.3 is 0 Å². The summed E-state index contributed by atoms with van der Waals surface area (Å²) in [5.41, 5.74) is 1.72. The second kappa shape index (κ2) is 9.32. The van der Waals surface area contributed by atoms with Gasteiger partial charge < -0.3 is 10.6 Å². The number of nitrogens with one attached hydrogen (secondary N) is 2. The van der Waals surface area contributed by atoms with Gasteiger partial charge in [-0.15, -0.1) is 0 Å². The van der Waals surface area contributed by atoms with Crippen LogP contribution in [-0.4, -0.2) is 35.8 Å². The van der Waals surface area contributed by atoms with Crippen LogP contribution in [0.5, 0.6) is 0 Å². The molecule has 1 saturated heterocycles. The Kier molecular flexibility index (Phi) is 6.09. The highest BCUT2D eigenvalue weighted by molar-refractivity contribution is 5.93. The summed E-state index contributed by atoms with van der Waals surface area (Å²) in [6, 6.07) is 20.7. The van der Waals surface area contributed by atoms with Crippen molar-refractivity contribution in [2.24, 2.45) is 11.8 Å². The molecule has 33 heavy (non-hydrogen) atoms. The normalized spacial score (nSPS) is 21.0. The summed E-state index contributed by atoms with van der Waals surface area (Å²) in [6.07, 6.45) is 2.58. The first-order valence-electron chi connectivity index (χ1n) is 11.6. The monoisotopic (exact) mass is 445 g/mol. The van der Waals surface area contributed by atoms with Gasteiger partial charge in [0.2, 0.25) is 11.8 Å². The first-order chi connectivity index (χ1) is 16.0. The molecule has 5 rings (SSSR count). The molecule has 2 amide bonds. The number of halogens is 1. The van der Waals surface area contributed by atoms with Gasteiger partial charge in [-0.05, 0) is 65.9 Å². The van der Waals surface area contributed by atoms with Gasteiger partial charge in [-0.3, -0.25) is 14.5 Å². The second-order valence-corrected chi connectivity index (χ2v) is 9.28. The Morgan fingerprint density at radius 2 is 1.58 bits per heavy atom. The van der Waals surface area contributed by atoms with Gasteiger partial charge in [-0.1, -0.05) is 36.4 Å². The van der Waals surface area contributed by atoms with E-state index in [1.54, 1.807) is 12.1 Å². The van der Waals surface area contributed by atoms with Gasteiger partial charge in [0.05, 0.1) is 11.8 Å². The summed E-state index contributed by atoms with van der Waals surface area (Å²) >= 11 is 0. The average Bonchev–Trinajstić information content (AvgIpc) is 3.64. The lowest BCUT2D eigenvalue weighted by molar-refractivity contribution is -0.130. The molecule has 0 aromatic heterocycles. The first-order valence-corrected chi connectivity index (χ1v) is 11.6. The van der Waals surface area contributed by atoms with Gasteiger partial charge in [0.25, 0.3) is 0 Å². The zero-order valence-corrected chi connectivity index (χ0v) is 18.5. The van der Waals surface area contributed by atoms with E-state index in [0.717, 1.165) is 18.4 Å². The fraction of sp³-hybridized carbons (Fsp3) is 0.333. The van der Waals surface area contributed by atoms with Gasteiger partial charge in [0.1, 0.15) is 5.82 Å². The number of amides is 2. The third-order valence-electron chi connectivity index (χ3n) is 6.52. The Morgan fingerprint density at radius 1 is 0.879 bits per heavy atom. The molecule has 170 valence electrons. The topological polar surface area (TPSA) is 61.4 Å². The highest BCUT2D eigenvalue weighted by Gasteiger charge is 2.36. The van der Waals surface area contributed by atoms with Crippen molar-refractivity contribution in [2.75, 3.05) is 18.4 Å². The van der Waals surface area contributed by atoms with E-state index in [1.807, 2.05) is 12.1 Å². The van der Waals surface area contributed by atoms with Crippen molar-refractivity contribution in [2.45, 2.75) is 31.8 Å². The van der Waals surface area contributed by atoms with E-state index < -0.39 is 0 Å². The maximum Gasteiger partial charge on any atom is 0.228 e. The van der Waals surface area contributed by atoms with Crippen molar-refractivity contribution in [3.63, 3.8) is 0 Å². The van der Waals surface area contributed by atoms with E-state index in [9.17, 15) is 14.0 Å². The standard InChI is InChI=1S/C27H28FN3O2/c28-23-7-9-24(10-8-23)29-26(32)21-14-22(27(33)30-25-11-12-25)17-31(16-21)15-18-5-6-19-3-1-2-4-20(19)13-18/h1-10,13,21-22,25H,11-12,14-17H2,(H,29,32)(H,30,33)/t21-,22+/m1/s1. The fourth-order valence-corrected chi connectivity index (χ4v) is 4.62. The highest BCUT2D eigenvalue weighted by Crippen LogP contribution is 2.28. The minimum absolute atomic E-state index is 0.0419. The Bertz CT molecular complexity index is 1160. The lowest BCUT2D eigenvalue weighted by Crippen LogP contribution is -2.49. The molecular formula is C27H28FN3O2. The van der Waals surface area contributed by atoms with Crippen molar-refractivity contribution in [1.82, 2.24) is 10.2 Å². The third kappa shape index (κ3) is 5.40. The molecule has 2 fully saturated rings. The molecule has 3 aromatic carbocycles. The van der Waals surface area contributed by atoms with Gasteiger partial charge in [-0.2, -0.15) is 0 Å². The van der Waals surface area contributed by atoms with E-state index in [-0.39, 0.29) is 29.5 Å². The quantitative estimate of drug-likeness (QED) is 0.594. The number of piperidine rings is 1. The number of carbonyl (C=O) groups is 2. The van der Waals surface area contributed by atoms with E-state index in [1.165, 1.54) is 22.9 Å². The highest BCUT2D eigenvalue weighted by atomic mass is 19.1. The number of anilines is 1. The van der Waals surface area contributed by atoms with Crippen LogP contribution in [0.3, 0.4) is 0 Å². The fourth-order valence-electron chi connectivity index (χ4n) is 4.62. The van der Waals surface area contributed by atoms with Crippen LogP contribution < -0.4 is 10.6 Å². The predicted molar refractivity (Wildman–Crippen MR) is 127 cm³/mol. The predicted octanol–water partition coefficient (Wildman–Crippen LogP) is 4.33. The van der Waals surface area contributed by atoms with Gasteiger partial charge in [-0.25, -0.2) is 4.39 Å². The summed E-state index contributed by atoms with van der Waals surface area (Å²) in [5.74, 6) is -0.985. The minimum atomic E-state index is -0.343. The SMILES string of the molecule is O=C(Nc1ccc(F)cc1)[C@@H]1C[C@H](C(=O)NC2CC2)CN(Cc2ccc3ccccc3c2)C1. The lowest BCUT2D eigenvalue weighted by Gasteiger charge is -2.36. The molecule has 5 nitrogen and oxygen atoms in total. The number of hydrogen-bond donors (Lipinski definition) is 2. The zero-order chi connectivity index (χ0) is 22.8. The average molecular weight is 446 g/mol. The van der Waals surface area contributed by atoms with Gasteiger partial charge in [0, 0.05) is 31.4 Å². The van der Waals surface area contributed by atoms with Crippen molar-refractivity contribution < 1.29 is 14.0 Å². The number of fused-ring (bicyclic) bond motifs is 1. The Labute approximate surface area is 193 Å². The molecule has 1 saturated carbocycles. The van der Waals surface area contributed by atoms with Crippen molar-refractivity contribution in [3.8, 4) is 0 Å². The molecule has 2 N–H and O–H groups in total. The van der Waals surface area contributed by atoms with Crippen molar-refractivity contribution in [1.29, 1.82) is 0 Å². The van der Waals surface area contributed by atoms with Crippen LogP contribution >= 0.6 is 0 Å². The Morgan fingerprint density at radius 3 is 2.30 bits per heavy atom. The van der Waals surface area contributed by atoms with E-state index in [0.29, 0.717) is 37.8 Å². The molecule has 0 spiro atoms. The van der Waals surface area contributed by atoms with E-state index in [2.05, 4.69) is 45.9 Å². The molecular weight excluding hydrogens is 417 g/mol. The minimum Gasteiger partial charge on any atom is -0.353 e. The number of rotatable bonds is 6. The number of nitrogens with zero attached hydrogens (tertiary/aromatic N) is 1. The second-order valence-electron chi connectivity index (χ2n) is 9.28. The van der Waals surface area contributed by atoms with E-state index >= 15 is 0 Å². The number of likely N-dealkylation sites (tertiary alicyclic amines) is 1. The van der Waals surface area contributed by atoms with Crippen molar-refractivity contribution in [3.05, 3.63) is 78.1 Å². The number of carbonyl (C=O) groups excluding carboxylic acids is 2. The van der Waals surface area contributed by atoms with Crippen LogP contribution in [0, 0.1) is 17.7 Å². The summed E-state index contributed by atoms with van der Waals surface area (Å²) in [7, 11) is 0. The van der Waals surface area contributed by atoms with Crippen LogP contribution in [0.1, 0.15) is 24.8 Å². The molecule has 1 aliphatic heterocycles. The van der Waals surface area contributed by atoms with Crippen LogP contribution in [-0.2, 0) is 16.1 Å². The molecule has 3 aromatic rings. The maximum atomic E-state index is 13.2. The molecule has 6 heteroatoms. The summed E-state index contributed by atoms with van der Waals surface area (Å²) < 4.78 is 13.2. The summed E-state index contributed by atoms with van der Waals surface area (Å²) in [4.78, 5) is 28.1. The first kappa shape index (κ1) is 21.6. The molecule has 1 aliphatic carbocycles. The third-order valence-corrected chi connectivity index (χ3v) is 6.52. The lowest BCUT2D eigenvalue weighted by atomic mass is 9.87. The summed E-state index contributed by atoms with van der Waals surface area (Å²) in [5, 5.41) is 8.38. The van der Waals surface area contributed by atoms with Crippen LogP contribution in [0.4, 0.5) is 10.1 Å². The number of hydrogen-bond acceptors (Lipinski definition) is 3. The Balaban J connectivity index is 1.32. The molecule has 0 unspecified atom stereocenters. The number of benzene rings is 3. The summed E-state index contributed by atoms with van der Waals surface area (Å²) in [6.45, 7) is 1.89. The van der Waals surface area contributed by atoms with Crippen LogP contribution in [0.25, 0.3) is 10.8 Å². The molecule has 2 atom stereocenters. The Hall–Kier alpha value is -3.25. The van der Waals surface area contributed by atoms with Gasteiger partial charge in [0.15, 0.2) is 0 Å². The molecule has 0 radical (unpaired) electrons. The zero-order valence-electron chi connectivity index (χ0n) is 18.5. The largest absolute Gasteiger partial charge is 0.353 e. The van der Waals surface area contributed by atoms with E-state index in [4.69, 9.17) is 0 Å². The molecule has 2 aliphatic rings. The molecule has 0 bridgehead atoms. The van der Waals surface area contributed by atoms with Crippen LogP contribution in [0.2, 0.25) is 0 Å². The maximum absolute atomic E-state index is 13.2. The molecule has 1 heterocycles.